The van der Waals surface area contributed by atoms with Crippen LogP contribution in [0.5, 0.6) is 5.75 Å². The van der Waals surface area contributed by atoms with Gasteiger partial charge >= 0.3 is 0 Å². The molecule has 0 unspecified atom stereocenters. The fourth-order valence-corrected chi connectivity index (χ4v) is 4.17. The lowest BCUT2D eigenvalue weighted by Crippen LogP contribution is -2.36. The van der Waals surface area contributed by atoms with Gasteiger partial charge in [0.15, 0.2) is 6.10 Å². The minimum Gasteiger partial charge on any atom is -0.478 e. The highest BCUT2D eigenvalue weighted by atomic mass is 32.2. The van der Waals surface area contributed by atoms with Crippen molar-refractivity contribution in [2.45, 2.75) is 12.5 Å². The Kier molecular flexibility index (Phi) is 7.13. The molecule has 1 heterocycles. The molecule has 0 spiro atoms. The van der Waals surface area contributed by atoms with Crippen molar-refractivity contribution in [3.63, 3.8) is 0 Å². The molecule has 2 aromatic rings. The molecule has 2 N–H and O–H groups in total. The number of nitrogens with zero attached hydrogens (tertiary/aromatic N) is 1. The van der Waals surface area contributed by atoms with Crippen LogP contribution in [-0.2, 0) is 19.6 Å². The van der Waals surface area contributed by atoms with Crippen LogP contribution in [0.25, 0.3) is 0 Å². The van der Waals surface area contributed by atoms with E-state index < -0.39 is 22.0 Å². The van der Waals surface area contributed by atoms with Crippen molar-refractivity contribution in [2.24, 2.45) is 0 Å². The van der Waals surface area contributed by atoms with Crippen molar-refractivity contribution >= 4 is 33.2 Å². The second-order valence-corrected chi connectivity index (χ2v) is 8.89. The van der Waals surface area contributed by atoms with E-state index in [1.807, 2.05) is 0 Å². The van der Waals surface area contributed by atoms with Gasteiger partial charge in [0, 0.05) is 26.6 Å². The molecule has 0 fully saturated rings. The largest absolute Gasteiger partial charge is 0.478 e. The highest BCUT2D eigenvalue weighted by Crippen LogP contribution is 2.34. The summed E-state index contributed by atoms with van der Waals surface area (Å²) in [5.74, 6) is -0.512. The number of benzene rings is 2. The fourth-order valence-electron chi connectivity index (χ4n) is 3.22. The van der Waals surface area contributed by atoms with Crippen molar-refractivity contribution in [3.05, 3.63) is 54.1 Å². The van der Waals surface area contributed by atoms with Gasteiger partial charge in [-0.05, 0) is 24.3 Å². The summed E-state index contributed by atoms with van der Waals surface area (Å²) in [5, 5.41) is 5.46. The molecule has 1 aliphatic rings. The van der Waals surface area contributed by atoms with Gasteiger partial charge in [0.2, 0.25) is 10.0 Å². The quantitative estimate of drug-likeness (QED) is 0.624. The zero-order valence-corrected chi connectivity index (χ0v) is 18.1. The van der Waals surface area contributed by atoms with E-state index in [1.165, 1.54) is 11.4 Å². The van der Waals surface area contributed by atoms with Gasteiger partial charge in [0.05, 0.1) is 29.8 Å². The molecule has 0 radical (unpaired) electrons. The van der Waals surface area contributed by atoms with Crippen LogP contribution in [0.15, 0.2) is 48.5 Å². The van der Waals surface area contributed by atoms with E-state index in [9.17, 15) is 18.0 Å². The number of hydrogen-bond acceptors (Lipinski definition) is 6. The Morgan fingerprint density at radius 3 is 2.61 bits per heavy atom. The van der Waals surface area contributed by atoms with Gasteiger partial charge in [-0.25, -0.2) is 8.42 Å². The monoisotopic (exact) mass is 447 g/mol. The first-order chi connectivity index (χ1) is 14.8. The average Bonchev–Trinajstić information content (AvgIpc) is 2.94. The number of carbonyl (C=O) groups excluding carboxylic acids is 2. The summed E-state index contributed by atoms with van der Waals surface area (Å²) in [6.07, 6.45) is 0.329. The van der Waals surface area contributed by atoms with Crippen LogP contribution >= 0.6 is 0 Å². The van der Waals surface area contributed by atoms with Crippen molar-refractivity contribution in [2.75, 3.05) is 42.7 Å². The van der Waals surface area contributed by atoms with E-state index in [1.54, 1.807) is 48.5 Å². The molecule has 0 saturated carbocycles. The molecule has 3 rings (SSSR count). The number of fused-ring (bicyclic) bond motifs is 1. The maximum atomic E-state index is 13.0. The van der Waals surface area contributed by atoms with Crippen molar-refractivity contribution in [1.29, 1.82) is 0 Å². The van der Waals surface area contributed by atoms with E-state index in [4.69, 9.17) is 9.47 Å². The van der Waals surface area contributed by atoms with Crippen LogP contribution in [0.2, 0.25) is 0 Å². The van der Waals surface area contributed by atoms with Gasteiger partial charge in [-0.1, -0.05) is 24.3 Å². The van der Waals surface area contributed by atoms with Crippen LogP contribution in [0.1, 0.15) is 16.8 Å². The number of methoxy groups -OCH3 is 1. The zero-order valence-electron chi connectivity index (χ0n) is 17.3. The lowest BCUT2D eigenvalue weighted by Gasteiger charge is -2.20. The highest BCUT2D eigenvalue weighted by molar-refractivity contribution is 7.92. The van der Waals surface area contributed by atoms with Crippen LogP contribution in [0.4, 0.5) is 11.4 Å². The van der Waals surface area contributed by atoms with E-state index in [-0.39, 0.29) is 18.9 Å². The number of rotatable bonds is 7. The molecular formula is C21H25N3O6S. The third-order valence-corrected chi connectivity index (χ3v) is 5.89. The standard InChI is InChI=1S/C21H25N3O6S/c1-29-14-12-22-20(25)15-7-3-4-8-16(15)23-21(26)19-11-13-24(31(2,27)28)17-9-5-6-10-18(17)30-19/h3-10,19H,11-14H2,1-2H3,(H,22,25)(H,23,26)/t19-/m0/s1. The summed E-state index contributed by atoms with van der Waals surface area (Å²) in [7, 11) is -2.00. The topological polar surface area (TPSA) is 114 Å². The van der Waals surface area contributed by atoms with Gasteiger partial charge in [-0.15, -0.1) is 0 Å². The van der Waals surface area contributed by atoms with Crippen LogP contribution in [0, 0.1) is 0 Å². The molecule has 166 valence electrons. The molecular weight excluding hydrogens is 422 g/mol. The van der Waals surface area contributed by atoms with Crippen LogP contribution < -0.4 is 19.7 Å². The molecule has 1 atom stereocenters. The number of carbonyl (C=O) groups is 2. The average molecular weight is 448 g/mol. The van der Waals surface area contributed by atoms with Crippen molar-refractivity contribution in [1.82, 2.24) is 5.32 Å². The van der Waals surface area contributed by atoms with Gasteiger partial charge in [-0.3, -0.25) is 13.9 Å². The Labute approximate surface area is 181 Å². The molecule has 31 heavy (non-hydrogen) atoms. The summed E-state index contributed by atoms with van der Waals surface area (Å²) in [5.41, 5.74) is 1.03. The molecule has 2 amide bonds. The molecule has 0 aliphatic carbocycles. The minimum atomic E-state index is -3.54. The van der Waals surface area contributed by atoms with E-state index in [2.05, 4.69) is 10.6 Å². The highest BCUT2D eigenvalue weighted by Gasteiger charge is 2.31. The number of hydrogen-bond donors (Lipinski definition) is 2. The van der Waals surface area contributed by atoms with Crippen LogP contribution in [-0.4, -0.2) is 59.4 Å². The molecule has 10 heteroatoms. The second kappa shape index (κ2) is 9.80. The Morgan fingerprint density at radius 1 is 1.16 bits per heavy atom. The summed E-state index contributed by atoms with van der Waals surface area (Å²) in [4.78, 5) is 25.4. The second-order valence-electron chi connectivity index (χ2n) is 6.98. The van der Waals surface area contributed by atoms with E-state index >= 15 is 0 Å². The van der Waals surface area contributed by atoms with Gasteiger partial charge < -0.3 is 20.1 Å². The number of amides is 2. The summed E-state index contributed by atoms with van der Waals surface area (Å²) >= 11 is 0. The Morgan fingerprint density at radius 2 is 1.87 bits per heavy atom. The maximum absolute atomic E-state index is 13.0. The SMILES string of the molecule is COCCNC(=O)c1ccccc1NC(=O)[C@@H]1CCN(S(C)(=O)=O)c2ccccc2O1. The summed E-state index contributed by atoms with van der Waals surface area (Å²) in [6, 6.07) is 13.3. The third kappa shape index (κ3) is 5.53. The summed E-state index contributed by atoms with van der Waals surface area (Å²) in [6.45, 7) is 0.793. The third-order valence-electron chi connectivity index (χ3n) is 4.71. The van der Waals surface area contributed by atoms with Gasteiger partial charge in [0.25, 0.3) is 11.8 Å². The number of nitrogens with one attached hydrogen (secondary N) is 2. The molecule has 1 aliphatic heterocycles. The minimum absolute atomic E-state index is 0.0904. The van der Waals surface area contributed by atoms with Crippen molar-refractivity contribution < 1.29 is 27.5 Å². The smallest absolute Gasteiger partial charge is 0.265 e. The fraction of sp³-hybridized carbons (Fsp3) is 0.333. The number of para-hydroxylation sites is 3. The first-order valence-corrected chi connectivity index (χ1v) is 11.6. The van der Waals surface area contributed by atoms with Gasteiger partial charge in [-0.2, -0.15) is 0 Å². The molecule has 0 saturated heterocycles. The molecule has 2 aromatic carbocycles. The Hall–Kier alpha value is -3.11. The predicted molar refractivity (Wildman–Crippen MR) is 117 cm³/mol. The van der Waals surface area contributed by atoms with E-state index in [0.717, 1.165) is 6.26 Å². The lowest BCUT2D eigenvalue weighted by molar-refractivity contribution is -0.122. The Balaban J connectivity index is 1.79. The maximum Gasteiger partial charge on any atom is 0.265 e. The zero-order chi connectivity index (χ0) is 22.4. The predicted octanol–water partition coefficient (Wildman–Crippen LogP) is 1.62. The molecule has 0 bridgehead atoms. The summed E-state index contributed by atoms with van der Waals surface area (Å²) < 4.78 is 36.4. The van der Waals surface area contributed by atoms with E-state index in [0.29, 0.717) is 35.8 Å². The van der Waals surface area contributed by atoms with Gasteiger partial charge in [0.1, 0.15) is 5.75 Å². The molecule has 0 aromatic heterocycles. The first-order valence-electron chi connectivity index (χ1n) is 9.71. The number of anilines is 2. The van der Waals surface area contributed by atoms with Crippen LogP contribution in [0.3, 0.4) is 0 Å². The first kappa shape index (κ1) is 22.6. The van der Waals surface area contributed by atoms with Crippen molar-refractivity contribution in [3.8, 4) is 5.75 Å². The Bertz CT molecular complexity index is 1060. The normalized spacial score (nSPS) is 15.9. The number of ether oxygens (including phenoxy) is 2. The number of sulfonamides is 1. The lowest BCUT2D eigenvalue weighted by atomic mass is 10.1. The molecule has 9 nitrogen and oxygen atoms in total.